The summed E-state index contributed by atoms with van der Waals surface area (Å²) in [6.07, 6.45) is 3.05. The lowest BCUT2D eigenvalue weighted by atomic mass is 10.2. The molecule has 0 aromatic heterocycles. The molecule has 2 rings (SSSR count). The lowest BCUT2D eigenvalue weighted by molar-refractivity contribution is 0.0137. The van der Waals surface area contributed by atoms with E-state index in [1.54, 1.807) is 4.90 Å². The van der Waals surface area contributed by atoms with E-state index in [9.17, 15) is 4.79 Å². The highest BCUT2D eigenvalue weighted by Gasteiger charge is 2.36. The van der Waals surface area contributed by atoms with Gasteiger partial charge in [-0.1, -0.05) is 0 Å². The number of amides is 1. The highest BCUT2D eigenvalue weighted by Crippen LogP contribution is 2.18. The van der Waals surface area contributed by atoms with Crippen LogP contribution in [0.2, 0.25) is 0 Å². The number of hydrogen-bond donors (Lipinski definition) is 1. The number of rotatable bonds is 4. The van der Waals surface area contributed by atoms with Crippen molar-refractivity contribution in [1.29, 1.82) is 0 Å². The fourth-order valence-corrected chi connectivity index (χ4v) is 3.07. The summed E-state index contributed by atoms with van der Waals surface area (Å²) >= 11 is 1.86. The molecule has 2 aliphatic rings. The Kier molecular flexibility index (Phi) is 5.83. The number of carbonyl (C=O) groups excluding carboxylic acids is 1. The quantitative estimate of drug-likeness (QED) is 0.795. The lowest BCUT2D eigenvalue weighted by Gasteiger charge is -2.39. The average molecular weight is 328 g/mol. The fraction of sp³-hybridized carbons (Fsp3) is 0.867. The fourth-order valence-electron chi connectivity index (χ4n) is 2.64. The molecule has 1 unspecified atom stereocenters. The van der Waals surface area contributed by atoms with Gasteiger partial charge in [0.1, 0.15) is 5.60 Å². The molecule has 2 aliphatic heterocycles. The molecule has 1 atom stereocenters. The molecule has 0 bridgehead atoms. The van der Waals surface area contributed by atoms with E-state index < -0.39 is 5.60 Å². The number of piperazine rings is 1. The standard InChI is InChI=1S/C15H28N4O2S/c1-15(2,3)21-14(20)18-7-8-19-12(11-18)10-17-13(19)16-6-5-9-22-4/h12H,5-11H2,1-4H3,(H,16,17). The molecule has 6 nitrogen and oxygen atoms in total. The van der Waals surface area contributed by atoms with E-state index in [1.165, 1.54) is 0 Å². The van der Waals surface area contributed by atoms with Crippen LogP contribution in [0.5, 0.6) is 0 Å². The molecular formula is C15H28N4O2S. The maximum absolute atomic E-state index is 12.2. The Bertz CT molecular complexity index is 422. The second-order valence-corrected chi connectivity index (χ2v) is 7.70. The Balaban J connectivity index is 1.79. The van der Waals surface area contributed by atoms with Gasteiger partial charge >= 0.3 is 6.09 Å². The van der Waals surface area contributed by atoms with Gasteiger partial charge in [0.2, 0.25) is 0 Å². The summed E-state index contributed by atoms with van der Waals surface area (Å²) in [5.41, 5.74) is -0.440. The van der Waals surface area contributed by atoms with Crippen LogP contribution in [0.3, 0.4) is 0 Å². The average Bonchev–Trinajstić information content (AvgIpc) is 2.84. The van der Waals surface area contributed by atoms with Gasteiger partial charge in [-0.25, -0.2) is 4.79 Å². The smallest absolute Gasteiger partial charge is 0.410 e. The SMILES string of the molecule is CSCCCNC1=NCC2CN(C(=O)OC(C)(C)C)CCN12. The Morgan fingerprint density at radius 1 is 1.45 bits per heavy atom. The van der Waals surface area contributed by atoms with Crippen LogP contribution in [0.25, 0.3) is 0 Å². The number of thioether (sulfide) groups is 1. The molecule has 1 N–H and O–H groups in total. The summed E-state index contributed by atoms with van der Waals surface area (Å²) in [6, 6.07) is 0.282. The van der Waals surface area contributed by atoms with Gasteiger partial charge in [0.05, 0.1) is 12.6 Å². The highest BCUT2D eigenvalue weighted by molar-refractivity contribution is 7.98. The number of aliphatic imine (C=N–C) groups is 1. The topological polar surface area (TPSA) is 57.2 Å². The van der Waals surface area contributed by atoms with E-state index >= 15 is 0 Å². The van der Waals surface area contributed by atoms with Crippen LogP contribution in [-0.4, -0.2) is 78.2 Å². The zero-order valence-corrected chi connectivity index (χ0v) is 14.9. The minimum Gasteiger partial charge on any atom is -0.444 e. The van der Waals surface area contributed by atoms with Gasteiger partial charge in [-0.2, -0.15) is 11.8 Å². The maximum Gasteiger partial charge on any atom is 0.410 e. The van der Waals surface area contributed by atoms with Crippen molar-refractivity contribution in [1.82, 2.24) is 15.1 Å². The van der Waals surface area contributed by atoms with Crippen molar-refractivity contribution in [3.05, 3.63) is 0 Å². The van der Waals surface area contributed by atoms with Gasteiger partial charge in [0, 0.05) is 26.2 Å². The number of carbonyl (C=O) groups is 1. The Morgan fingerprint density at radius 3 is 2.91 bits per heavy atom. The van der Waals surface area contributed by atoms with E-state index in [4.69, 9.17) is 4.74 Å². The number of hydrogen-bond acceptors (Lipinski definition) is 6. The highest BCUT2D eigenvalue weighted by atomic mass is 32.2. The summed E-state index contributed by atoms with van der Waals surface area (Å²) in [5.74, 6) is 2.16. The van der Waals surface area contributed by atoms with Crippen LogP contribution in [-0.2, 0) is 4.74 Å². The third-order valence-electron chi connectivity index (χ3n) is 3.67. The van der Waals surface area contributed by atoms with Crippen LogP contribution < -0.4 is 5.32 Å². The third-order valence-corrected chi connectivity index (χ3v) is 4.36. The van der Waals surface area contributed by atoms with E-state index in [2.05, 4.69) is 21.5 Å². The summed E-state index contributed by atoms with van der Waals surface area (Å²) in [7, 11) is 0. The first-order valence-electron chi connectivity index (χ1n) is 7.92. The van der Waals surface area contributed by atoms with Crippen LogP contribution in [0.1, 0.15) is 27.2 Å². The summed E-state index contributed by atoms with van der Waals surface area (Å²) in [4.78, 5) is 20.8. The van der Waals surface area contributed by atoms with Crippen LogP contribution >= 0.6 is 11.8 Å². The third kappa shape index (κ3) is 4.69. The number of nitrogens with one attached hydrogen (secondary N) is 1. The predicted molar refractivity (Wildman–Crippen MR) is 91.6 cm³/mol. The molecule has 7 heteroatoms. The van der Waals surface area contributed by atoms with Crippen LogP contribution in [0.15, 0.2) is 4.99 Å². The molecule has 0 aliphatic carbocycles. The Morgan fingerprint density at radius 2 is 2.23 bits per heavy atom. The van der Waals surface area contributed by atoms with Crippen molar-refractivity contribution in [2.75, 3.05) is 44.7 Å². The number of fused-ring (bicyclic) bond motifs is 1. The van der Waals surface area contributed by atoms with Crippen LogP contribution in [0, 0.1) is 0 Å². The molecular weight excluding hydrogens is 300 g/mol. The van der Waals surface area contributed by atoms with Crippen molar-refractivity contribution in [3.63, 3.8) is 0 Å². The first-order valence-corrected chi connectivity index (χ1v) is 9.32. The van der Waals surface area contributed by atoms with Crippen molar-refractivity contribution < 1.29 is 9.53 Å². The molecule has 0 aromatic rings. The van der Waals surface area contributed by atoms with E-state index in [-0.39, 0.29) is 12.1 Å². The summed E-state index contributed by atoms with van der Waals surface area (Å²) in [5, 5.41) is 3.43. The molecule has 1 saturated heterocycles. The van der Waals surface area contributed by atoms with E-state index in [0.29, 0.717) is 13.1 Å². The first-order chi connectivity index (χ1) is 10.4. The summed E-state index contributed by atoms with van der Waals surface area (Å²) in [6.45, 7) is 9.61. The van der Waals surface area contributed by atoms with E-state index in [1.807, 2.05) is 32.5 Å². The summed E-state index contributed by atoms with van der Waals surface area (Å²) < 4.78 is 5.46. The minimum absolute atomic E-state index is 0.214. The van der Waals surface area contributed by atoms with Gasteiger partial charge in [-0.15, -0.1) is 0 Å². The largest absolute Gasteiger partial charge is 0.444 e. The normalized spacial score (nSPS) is 21.5. The first kappa shape index (κ1) is 17.2. The Hall–Kier alpha value is -1.11. The lowest BCUT2D eigenvalue weighted by Crippen LogP contribution is -2.57. The molecule has 1 fully saturated rings. The van der Waals surface area contributed by atoms with Gasteiger partial charge in [-0.3, -0.25) is 4.99 Å². The van der Waals surface area contributed by atoms with Crippen LogP contribution in [0.4, 0.5) is 4.79 Å². The molecule has 0 radical (unpaired) electrons. The predicted octanol–water partition coefficient (Wildman–Crippen LogP) is 1.62. The zero-order valence-electron chi connectivity index (χ0n) is 14.1. The van der Waals surface area contributed by atoms with Gasteiger partial charge in [0.25, 0.3) is 0 Å². The van der Waals surface area contributed by atoms with Gasteiger partial charge in [0.15, 0.2) is 5.96 Å². The van der Waals surface area contributed by atoms with Crippen molar-refractivity contribution in [3.8, 4) is 0 Å². The van der Waals surface area contributed by atoms with E-state index in [0.717, 1.165) is 37.8 Å². The molecule has 0 saturated carbocycles. The van der Waals surface area contributed by atoms with Gasteiger partial charge in [-0.05, 0) is 39.2 Å². The molecule has 0 spiro atoms. The number of nitrogens with zero attached hydrogens (tertiary/aromatic N) is 3. The van der Waals surface area contributed by atoms with Crippen molar-refractivity contribution in [2.24, 2.45) is 4.99 Å². The molecule has 0 aromatic carbocycles. The van der Waals surface area contributed by atoms with Gasteiger partial charge < -0.3 is 19.9 Å². The maximum atomic E-state index is 12.2. The van der Waals surface area contributed by atoms with Crippen molar-refractivity contribution >= 4 is 23.8 Å². The second kappa shape index (κ2) is 7.44. The molecule has 22 heavy (non-hydrogen) atoms. The minimum atomic E-state index is -0.440. The molecule has 2 heterocycles. The second-order valence-electron chi connectivity index (χ2n) is 6.71. The monoisotopic (exact) mass is 328 g/mol. The Labute approximate surface area is 137 Å². The number of guanidine groups is 1. The zero-order chi connectivity index (χ0) is 16.2. The van der Waals surface area contributed by atoms with Crippen molar-refractivity contribution in [2.45, 2.75) is 38.8 Å². The number of ether oxygens (including phenoxy) is 1. The molecule has 126 valence electrons. The molecule has 1 amide bonds.